The van der Waals surface area contributed by atoms with E-state index in [0.29, 0.717) is 17.9 Å². The molecule has 0 radical (unpaired) electrons. The monoisotopic (exact) mass is 211 g/mol. The fraction of sp³-hybridized carbons (Fsp3) is 0.818. The van der Waals surface area contributed by atoms with E-state index in [0.717, 1.165) is 18.1 Å². The van der Waals surface area contributed by atoms with Crippen molar-refractivity contribution in [2.45, 2.75) is 46.1 Å². The van der Waals surface area contributed by atoms with Gasteiger partial charge >= 0.3 is 0 Å². The molecule has 1 rings (SSSR count). The van der Waals surface area contributed by atoms with E-state index < -0.39 is 0 Å². The number of aromatic nitrogens is 2. The van der Waals surface area contributed by atoms with Crippen molar-refractivity contribution in [1.82, 2.24) is 15.5 Å². The van der Waals surface area contributed by atoms with Gasteiger partial charge in [0.25, 0.3) is 0 Å². The Hall–Kier alpha value is -0.900. The molecular formula is C11H21N3O. The summed E-state index contributed by atoms with van der Waals surface area (Å²) < 4.78 is 5.24. The molecule has 15 heavy (non-hydrogen) atoms. The van der Waals surface area contributed by atoms with Gasteiger partial charge in [0, 0.05) is 18.4 Å². The van der Waals surface area contributed by atoms with Gasteiger partial charge in [-0.3, -0.25) is 0 Å². The molecule has 2 atom stereocenters. The van der Waals surface area contributed by atoms with Crippen molar-refractivity contribution in [2.75, 3.05) is 7.05 Å². The Kier molecular flexibility index (Phi) is 4.27. The summed E-state index contributed by atoms with van der Waals surface area (Å²) in [4.78, 5) is 4.40. The van der Waals surface area contributed by atoms with Crippen LogP contribution in [0.2, 0.25) is 0 Å². The minimum atomic E-state index is 0.330. The van der Waals surface area contributed by atoms with Crippen LogP contribution in [0, 0.1) is 5.92 Å². The Balaban J connectivity index is 2.63. The third kappa shape index (κ3) is 3.30. The molecule has 4 heteroatoms. The maximum Gasteiger partial charge on any atom is 0.229 e. The highest BCUT2D eigenvalue weighted by Crippen LogP contribution is 2.21. The predicted molar refractivity (Wildman–Crippen MR) is 59.8 cm³/mol. The highest BCUT2D eigenvalue weighted by molar-refractivity contribution is 4.95. The minimum Gasteiger partial charge on any atom is -0.339 e. The summed E-state index contributed by atoms with van der Waals surface area (Å²) in [5, 5.41) is 7.13. The third-order valence-corrected chi connectivity index (χ3v) is 2.85. The number of nitrogens with zero attached hydrogens (tertiary/aromatic N) is 2. The molecule has 86 valence electrons. The van der Waals surface area contributed by atoms with Crippen LogP contribution in [-0.4, -0.2) is 23.2 Å². The second kappa shape index (κ2) is 5.26. The fourth-order valence-corrected chi connectivity index (χ4v) is 1.20. The van der Waals surface area contributed by atoms with Crippen LogP contribution in [0.4, 0.5) is 0 Å². The van der Waals surface area contributed by atoms with Crippen LogP contribution >= 0.6 is 0 Å². The molecule has 0 fully saturated rings. The van der Waals surface area contributed by atoms with E-state index in [9.17, 15) is 0 Å². The molecule has 0 aliphatic carbocycles. The SMILES string of the molecule is CNC(C)Cc1noc(C(C)C(C)C)n1. The van der Waals surface area contributed by atoms with Crippen molar-refractivity contribution in [1.29, 1.82) is 0 Å². The molecule has 4 nitrogen and oxygen atoms in total. The van der Waals surface area contributed by atoms with Crippen LogP contribution in [0.3, 0.4) is 0 Å². The summed E-state index contributed by atoms with van der Waals surface area (Å²) in [6, 6.07) is 0.379. The van der Waals surface area contributed by atoms with E-state index in [1.807, 2.05) is 7.05 Å². The van der Waals surface area contributed by atoms with Gasteiger partial charge in [-0.15, -0.1) is 0 Å². The van der Waals surface area contributed by atoms with Gasteiger partial charge in [0.05, 0.1) is 0 Å². The fourth-order valence-electron chi connectivity index (χ4n) is 1.20. The summed E-state index contributed by atoms with van der Waals surface area (Å²) in [6.07, 6.45) is 0.810. The van der Waals surface area contributed by atoms with Crippen LogP contribution < -0.4 is 5.32 Å². The van der Waals surface area contributed by atoms with Crippen LogP contribution in [-0.2, 0) is 6.42 Å². The Labute approximate surface area is 91.5 Å². The molecule has 0 saturated carbocycles. The Morgan fingerprint density at radius 2 is 1.93 bits per heavy atom. The van der Waals surface area contributed by atoms with Gasteiger partial charge in [0.1, 0.15) is 0 Å². The molecule has 0 aromatic carbocycles. The zero-order valence-electron chi connectivity index (χ0n) is 10.2. The minimum absolute atomic E-state index is 0.330. The average Bonchev–Trinajstić information content (AvgIpc) is 2.64. The van der Waals surface area contributed by atoms with E-state index in [-0.39, 0.29) is 0 Å². The van der Waals surface area contributed by atoms with E-state index in [1.165, 1.54) is 0 Å². The topological polar surface area (TPSA) is 51.0 Å². The molecule has 0 aliphatic rings. The van der Waals surface area contributed by atoms with Gasteiger partial charge in [-0.1, -0.05) is 25.9 Å². The molecule has 1 N–H and O–H groups in total. The zero-order valence-corrected chi connectivity index (χ0v) is 10.2. The van der Waals surface area contributed by atoms with Crippen LogP contribution in [0.25, 0.3) is 0 Å². The molecule has 0 bridgehead atoms. The van der Waals surface area contributed by atoms with Gasteiger partial charge in [0.15, 0.2) is 5.82 Å². The molecule has 0 spiro atoms. The summed E-state index contributed by atoms with van der Waals surface area (Å²) in [6.45, 7) is 8.53. The van der Waals surface area contributed by atoms with Crippen LogP contribution in [0.1, 0.15) is 45.3 Å². The first kappa shape index (κ1) is 12.2. The highest BCUT2D eigenvalue weighted by atomic mass is 16.5. The second-order valence-electron chi connectivity index (χ2n) is 4.48. The zero-order chi connectivity index (χ0) is 11.4. The van der Waals surface area contributed by atoms with Crippen molar-refractivity contribution in [2.24, 2.45) is 5.92 Å². The molecule has 1 heterocycles. The maximum atomic E-state index is 5.24. The molecule has 0 saturated heterocycles. The first-order valence-corrected chi connectivity index (χ1v) is 5.54. The lowest BCUT2D eigenvalue weighted by molar-refractivity contribution is 0.328. The largest absolute Gasteiger partial charge is 0.339 e. The Bertz CT molecular complexity index is 296. The summed E-state index contributed by atoms with van der Waals surface area (Å²) >= 11 is 0. The number of nitrogens with one attached hydrogen (secondary N) is 1. The first-order chi connectivity index (χ1) is 7.04. The van der Waals surface area contributed by atoms with Crippen molar-refractivity contribution < 1.29 is 4.52 Å². The molecule has 1 aromatic heterocycles. The average molecular weight is 211 g/mol. The lowest BCUT2D eigenvalue weighted by Gasteiger charge is -2.09. The molecule has 1 aromatic rings. The van der Waals surface area contributed by atoms with Crippen molar-refractivity contribution in [3.05, 3.63) is 11.7 Å². The van der Waals surface area contributed by atoms with Gasteiger partial charge in [0.2, 0.25) is 5.89 Å². The van der Waals surface area contributed by atoms with Gasteiger partial charge in [-0.05, 0) is 19.9 Å². The number of rotatable bonds is 5. The normalized spacial score (nSPS) is 15.6. The number of hydrogen-bond donors (Lipinski definition) is 1. The Morgan fingerprint density at radius 3 is 2.47 bits per heavy atom. The third-order valence-electron chi connectivity index (χ3n) is 2.85. The van der Waals surface area contributed by atoms with Gasteiger partial charge in [-0.25, -0.2) is 0 Å². The standard InChI is InChI=1S/C11H21N3O/c1-7(2)9(4)11-13-10(14-15-11)6-8(3)12-5/h7-9,12H,6H2,1-5H3. The predicted octanol–water partition coefficient (Wildman–Crippen LogP) is 1.98. The first-order valence-electron chi connectivity index (χ1n) is 5.54. The van der Waals surface area contributed by atoms with Gasteiger partial charge < -0.3 is 9.84 Å². The smallest absolute Gasteiger partial charge is 0.229 e. The van der Waals surface area contributed by atoms with E-state index >= 15 is 0 Å². The molecule has 0 amide bonds. The second-order valence-corrected chi connectivity index (χ2v) is 4.48. The van der Waals surface area contributed by atoms with Crippen molar-refractivity contribution >= 4 is 0 Å². The van der Waals surface area contributed by atoms with E-state index in [2.05, 4.69) is 43.2 Å². The van der Waals surface area contributed by atoms with E-state index in [1.54, 1.807) is 0 Å². The molecular weight excluding hydrogens is 190 g/mol. The van der Waals surface area contributed by atoms with Crippen LogP contribution in [0.15, 0.2) is 4.52 Å². The van der Waals surface area contributed by atoms with Crippen molar-refractivity contribution in [3.8, 4) is 0 Å². The van der Waals surface area contributed by atoms with E-state index in [4.69, 9.17) is 4.52 Å². The van der Waals surface area contributed by atoms with Crippen molar-refractivity contribution in [3.63, 3.8) is 0 Å². The molecule has 2 unspecified atom stereocenters. The quantitative estimate of drug-likeness (QED) is 0.809. The summed E-state index contributed by atoms with van der Waals surface area (Å²) in [7, 11) is 1.93. The molecule has 0 aliphatic heterocycles. The van der Waals surface area contributed by atoms with Gasteiger partial charge in [-0.2, -0.15) is 4.98 Å². The van der Waals surface area contributed by atoms with Crippen LogP contribution in [0.5, 0.6) is 0 Å². The summed E-state index contributed by atoms with van der Waals surface area (Å²) in [5.74, 6) is 2.40. The highest BCUT2D eigenvalue weighted by Gasteiger charge is 2.17. The summed E-state index contributed by atoms with van der Waals surface area (Å²) in [5.41, 5.74) is 0. The Morgan fingerprint density at radius 1 is 1.27 bits per heavy atom. The lowest BCUT2D eigenvalue weighted by atomic mass is 9.98. The lowest BCUT2D eigenvalue weighted by Crippen LogP contribution is -2.24. The maximum absolute atomic E-state index is 5.24. The number of likely N-dealkylation sites (N-methyl/N-ethyl adjacent to an activating group) is 1. The number of hydrogen-bond acceptors (Lipinski definition) is 4.